The van der Waals surface area contributed by atoms with Crippen LogP contribution in [-0.2, 0) is 11.3 Å². The summed E-state index contributed by atoms with van der Waals surface area (Å²) in [5.74, 6) is -0.253. The quantitative estimate of drug-likeness (QED) is 0.740. The first kappa shape index (κ1) is 21.3. The topological polar surface area (TPSA) is 61.4 Å². The number of nitrogens with zero attached hydrogens (tertiary/aromatic N) is 1. The number of benzene rings is 2. The molecular formula is C23H28ClN3O2. The van der Waals surface area contributed by atoms with Crippen LogP contribution in [0, 0.1) is 5.92 Å². The number of anilines is 1. The number of carbonyl (C=O) groups is 2. The number of amides is 2. The van der Waals surface area contributed by atoms with E-state index in [4.69, 9.17) is 11.6 Å². The van der Waals surface area contributed by atoms with E-state index >= 15 is 0 Å². The first-order chi connectivity index (χ1) is 13.9. The summed E-state index contributed by atoms with van der Waals surface area (Å²) in [6.45, 7) is 6.31. The number of nitrogens with one attached hydrogen (secondary N) is 2. The molecule has 29 heavy (non-hydrogen) atoms. The highest BCUT2D eigenvalue weighted by atomic mass is 35.5. The van der Waals surface area contributed by atoms with E-state index in [0.717, 1.165) is 43.1 Å². The van der Waals surface area contributed by atoms with Gasteiger partial charge in [-0.05, 0) is 63.5 Å². The molecule has 2 aromatic rings. The third kappa shape index (κ3) is 5.81. The van der Waals surface area contributed by atoms with Gasteiger partial charge < -0.3 is 10.6 Å². The van der Waals surface area contributed by atoms with Crippen LogP contribution in [0.3, 0.4) is 0 Å². The van der Waals surface area contributed by atoms with Crippen molar-refractivity contribution in [2.75, 3.05) is 18.4 Å². The van der Waals surface area contributed by atoms with Crippen LogP contribution in [0.15, 0.2) is 48.5 Å². The molecule has 0 atom stereocenters. The molecule has 0 unspecified atom stereocenters. The van der Waals surface area contributed by atoms with Crippen molar-refractivity contribution in [1.82, 2.24) is 10.2 Å². The third-order valence-corrected chi connectivity index (χ3v) is 5.53. The molecule has 0 spiro atoms. The first-order valence-electron chi connectivity index (χ1n) is 10.1. The average molecular weight is 414 g/mol. The van der Waals surface area contributed by atoms with Crippen LogP contribution in [0.1, 0.15) is 42.6 Å². The summed E-state index contributed by atoms with van der Waals surface area (Å²) in [7, 11) is 0. The van der Waals surface area contributed by atoms with Crippen LogP contribution in [0.2, 0.25) is 5.02 Å². The predicted octanol–water partition coefficient (Wildman–Crippen LogP) is 4.33. The van der Waals surface area contributed by atoms with Crippen LogP contribution in [0.4, 0.5) is 5.69 Å². The van der Waals surface area contributed by atoms with Crippen molar-refractivity contribution in [1.29, 1.82) is 0 Å². The molecule has 2 amide bonds. The van der Waals surface area contributed by atoms with Gasteiger partial charge in [0, 0.05) is 23.5 Å². The number of halogens is 1. The van der Waals surface area contributed by atoms with Gasteiger partial charge in [0.2, 0.25) is 5.91 Å². The Balaban J connectivity index is 1.57. The smallest absolute Gasteiger partial charge is 0.253 e. The molecule has 3 rings (SSSR count). The van der Waals surface area contributed by atoms with Crippen molar-refractivity contribution in [2.24, 2.45) is 5.92 Å². The molecule has 1 heterocycles. The van der Waals surface area contributed by atoms with Crippen molar-refractivity contribution in [2.45, 2.75) is 39.3 Å². The van der Waals surface area contributed by atoms with Crippen molar-refractivity contribution in [3.8, 4) is 0 Å². The lowest BCUT2D eigenvalue weighted by Crippen LogP contribution is -2.38. The van der Waals surface area contributed by atoms with Gasteiger partial charge in [-0.1, -0.05) is 41.9 Å². The number of rotatable bonds is 6. The van der Waals surface area contributed by atoms with Crippen LogP contribution >= 0.6 is 11.6 Å². The molecule has 2 N–H and O–H groups in total. The molecule has 0 saturated carbocycles. The Morgan fingerprint density at radius 1 is 1.07 bits per heavy atom. The van der Waals surface area contributed by atoms with Crippen LogP contribution in [0.5, 0.6) is 0 Å². The lowest BCUT2D eigenvalue weighted by molar-refractivity contribution is -0.121. The Labute approximate surface area is 177 Å². The summed E-state index contributed by atoms with van der Waals surface area (Å²) in [5, 5.41) is 6.63. The number of hydrogen-bond donors (Lipinski definition) is 2. The Bertz CT molecular complexity index is 861. The highest BCUT2D eigenvalue weighted by Crippen LogP contribution is 2.24. The fourth-order valence-electron chi connectivity index (χ4n) is 3.59. The monoisotopic (exact) mass is 413 g/mol. The predicted molar refractivity (Wildman–Crippen MR) is 117 cm³/mol. The SMILES string of the molecule is CC(C)NC(=O)c1ccccc1NC(=O)C1CCN(Cc2ccccc2Cl)CC1. The molecule has 0 aromatic heterocycles. The highest BCUT2D eigenvalue weighted by molar-refractivity contribution is 6.31. The molecule has 6 heteroatoms. The summed E-state index contributed by atoms with van der Waals surface area (Å²) < 4.78 is 0. The molecule has 1 fully saturated rings. The second-order valence-electron chi connectivity index (χ2n) is 7.80. The largest absolute Gasteiger partial charge is 0.350 e. The van der Waals surface area contributed by atoms with Crippen molar-refractivity contribution in [3.05, 3.63) is 64.7 Å². The molecule has 0 aliphatic carbocycles. The maximum Gasteiger partial charge on any atom is 0.253 e. The van der Waals surface area contributed by atoms with Gasteiger partial charge in [0.25, 0.3) is 5.91 Å². The molecule has 1 aliphatic rings. The lowest BCUT2D eigenvalue weighted by Gasteiger charge is -2.31. The number of likely N-dealkylation sites (tertiary alicyclic amines) is 1. The normalized spacial score (nSPS) is 15.3. The second kappa shape index (κ2) is 9.90. The number of hydrogen-bond acceptors (Lipinski definition) is 3. The maximum atomic E-state index is 12.8. The lowest BCUT2D eigenvalue weighted by atomic mass is 9.95. The summed E-state index contributed by atoms with van der Waals surface area (Å²) in [6.07, 6.45) is 1.58. The molecule has 0 radical (unpaired) electrons. The molecule has 0 bridgehead atoms. The zero-order chi connectivity index (χ0) is 20.8. The first-order valence-corrected chi connectivity index (χ1v) is 10.5. The Morgan fingerprint density at radius 3 is 2.41 bits per heavy atom. The van der Waals surface area contributed by atoms with Gasteiger partial charge in [-0.15, -0.1) is 0 Å². The van der Waals surface area contributed by atoms with Gasteiger partial charge in [0.05, 0.1) is 11.3 Å². The fraction of sp³-hybridized carbons (Fsp3) is 0.391. The molecule has 5 nitrogen and oxygen atoms in total. The van der Waals surface area contributed by atoms with E-state index in [1.807, 2.05) is 44.2 Å². The van der Waals surface area contributed by atoms with Gasteiger partial charge in [0.1, 0.15) is 0 Å². The Morgan fingerprint density at radius 2 is 1.72 bits per heavy atom. The number of carbonyl (C=O) groups excluding carboxylic acids is 2. The van der Waals surface area contributed by atoms with E-state index in [1.165, 1.54) is 0 Å². The standard InChI is InChI=1S/C23H28ClN3O2/c1-16(2)25-23(29)19-8-4-6-10-21(19)26-22(28)17-11-13-27(14-12-17)15-18-7-3-5-9-20(18)24/h3-10,16-17H,11-15H2,1-2H3,(H,25,29)(H,26,28). The van der Waals surface area contributed by atoms with Gasteiger partial charge in [-0.2, -0.15) is 0 Å². The summed E-state index contributed by atoms with van der Waals surface area (Å²) in [4.78, 5) is 27.5. The van der Waals surface area contributed by atoms with Crippen molar-refractivity contribution < 1.29 is 9.59 Å². The zero-order valence-electron chi connectivity index (χ0n) is 17.0. The minimum atomic E-state index is -0.176. The molecular weight excluding hydrogens is 386 g/mol. The molecule has 1 saturated heterocycles. The summed E-state index contributed by atoms with van der Waals surface area (Å²) in [5.41, 5.74) is 2.17. The van der Waals surface area contributed by atoms with Crippen molar-refractivity contribution >= 4 is 29.1 Å². The zero-order valence-corrected chi connectivity index (χ0v) is 17.7. The average Bonchev–Trinajstić information content (AvgIpc) is 2.70. The van der Waals surface area contributed by atoms with Crippen molar-refractivity contribution in [3.63, 3.8) is 0 Å². The minimum absolute atomic E-state index is 0.0211. The van der Waals surface area contributed by atoms with Gasteiger partial charge in [-0.25, -0.2) is 0 Å². The highest BCUT2D eigenvalue weighted by Gasteiger charge is 2.26. The summed E-state index contributed by atoms with van der Waals surface area (Å²) in [6, 6.07) is 15.1. The van der Waals surface area contributed by atoms with Gasteiger partial charge >= 0.3 is 0 Å². The fourth-order valence-corrected chi connectivity index (χ4v) is 3.78. The Kier molecular flexibility index (Phi) is 7.29. The van der Waals surface area contributed by atoms with E-state index in [-0.39, 0.29) is 23.8 Å². The minimum Gasteiger partial charge on any atom is -0.350 e. The van der Waals surface area contributed by atoms with E-state index in [9.17, 15) is 9.59 Å². The Hall–Kier alpha value is -2.37. The van der Waals surface area contributed by atoms with E-state index in [2.05, 4.69) is 15.5 Å². The van der Waals surface area contributed by atoms with Gasteiger partial charge in [-0.3, -0.25) is 14.5 Å². The van der Waals surface area contributed by atoms with Gasteiger partial charge in [0.15, 0.2) is 0 Å². The van der Waals surface area contributed by atoms with E-state index in [1.54, 1.807) is 18.2 Å². The maximum absolute atomic E-state index is 12.8. The summed E-state index contributed by atoms with van der Waals surface area (Å²) >= 11 is 6.26. The second-order valence-corrected chi connectivity index (χ2v) is 8.21. The molecule has 1 aliphatic heterocycles. The van der Waals surface area contributed by atoms with Crippen LogP contribution in [0.25, 0.3) is 0 Å². The van der Waals surface area contributed by atoms with Crippen LogP contribution in [-0.4, -0.2) is 35.8 Å². The van der Waals surface area contributed by atoms with E-state index in [0.29, 0.717) is 11.3 Å². The molecule has 154 valence electrons. The van der Waals surface area contributed by atoms with E-state index < -0.39 is 0 Å². The number of piperidine rings is 1. The third-order valence-electron chi connectivity index (χ3n) is 5.16. The molecule has 2 aromatic carbocycles. The van der Waals surface area contributed by atoms with Crippen LogP contribution < -0.4 is 10.6 Å². The number of para-hydroxylation sites is 1.